The van der Waals surface area contributed by atoms with Gasteiger partial charge in [0.1, 0.15) is 5.82 Å². The number of sulfonamides is 1. The summed E-state index contributed by atoms with van der Waals surface area (Å²) < 4.78 is 24.5. The third-order valence-electron chi connectivity index (χ3n) is 2.81. The minimum atomic E-state index is -3.82. The van der Waals surface area contributed by atoms with Gasteiger partial charge in [0.15, 0.2) is 0 Å². The second-order valence-corrected chi connectivity index (χ2v) is 5.82. The third-order valence-corrected chi connectivity index (χ3v) is 3.60. The molecule has 17 heavy (non-hydrogen) atoms. The van der Waals surface area contributed by atoms with Gasteiger partial charge in [-0.05, 0) is 26.7 Å². The van der Waals surface area contributed by atoms with E-state index < -0.39 is 10.0 Å². The molecule has 1 heterocycles. The summed E-state index contributed by atoms with van der Waals surface area (Å²) in [6, 6.07) is -0.0334. The quantitative estimate of drug-likeness (QED) is 0.866. The van der Waals surface area contributed by atoms with Gasteiger partial charge >= 0.3 is 0 Å². The zero-order chi connectivity index (χ0) is 13.2. The molecule has 98 valence electrons. The van der Waals surface area contributed by atoms with E-state index >= 15 is 0 Å². The maximum Gasteiger partial charge on any atom is 0.273 e. The van der Waals surface area contributed by atoms with Gasteiger partial charge in [0.2, 0.25) is 0 Å². The Labute approximate surface area is 102 Å². The van der Waals surface area contributed by atoms with E-state index in [1.807, 2.05) is 27.7 Å². The van der Waals surface area contributed by atoms with Crippen molar-refractivity contribution in [2.24, 2.45) is 5.14 Å². The summed E-state index contributed by atoms with van der Waals surface area (Å²) in [5.41, 5.74) is 0. The van der Waals surface area contributed by atoms with Crippen LogP contribution in [0.5, 0.6) is 0 Å². The first kappa shape index (κ1) is 14.1. The molecule has 6 nitrogen and oxygen atoms in total. The topological polar surface area (TPSA) is 90.9 Å². The Bertz CT molecular complexity index is 474. The van der Waals surface area contributed by atoms with Gasteiger partial charge in [-0.3, -0.25) is 4.57 Å². The normalized spacial score (nSPS) is 12.6. The number of aromatic nitrogens is 3. The Morgan fingerprint density at radius 1 is 1.24 bits per heavy atom. The second kappa shape index (κ2) is 5.14. The maximum absolute atomic E-state index is 11.4. The first-order valence-electron chi connectivity index (χ1n) is 5.80. The van der Waals surface area contributed by atoms with Gasteiger partial charge in [-0.15, -0.1) is 10.2 Å². The van der Waals surface area contributed by atoms with E-state index in [0.29, 0.717) is 5.82 Å². The molecule has 1 aromatic heterocycles. The molecule has 1 aromatic rings. The van der Waals surface area contributed by atoms with Crippen LogP contribution in [0.15, 0.2) is 5.16 Å². The molecular formula is C10H20N4O2S. The minimum absolute atomic E-state index is 0.0334. The molecule has 0 amide bonds. The highest BCUT2D eigenvalue weighted by Gasteiger charge is 2.25. The maximum atomic E-state index is 11.4. The van der Waals surface area contributed by atoms with Crippen LogP contribution in [0.4, 0.5) is 0 Å². The Kier molecular flexibility index (Phi) is 4.26. The van der Waals surface area contributed by atoms with Crippen molar-refractivity contribution < 1.29 is 8.42 Å². The van der Waals surface area contributed by atoms with Crippen molar-refractivity contribution in [1.29, 1.82) is 0 Å². The number of hydrogen-bond acceptors (Lipinski definition) is 4. The van der Waals surface area contributed by atoms with E-state index in [1.165, 1.54) is 0 Å². The largest absolute Gasteiger partial charge is 0.298 e. The van der Waals surface area contributed by atoms with Crippen molar-refractivity contribution in [1.82, 2.24) is 14.8 Å². The number of primary sulfonamides is 1. The molecule has 0 aliphatic carbocycles. The van der Waals surface area contributed by atoms with Crippen LogP contribution >= 0.6 is 0 Å². The first-order chi connectivity index (χ1) is 7.82. The molecule has 0 bridgehead atoms. The van der Waals surface area contributed by atoms with E-state index in [2.05, 4.69) is 10.2 Å². The summed E-state index contributed by atoms with van der Waals surface area (Å²) in [4.78, 5) is 0. The summed E-state index contributed by atoms with van der Waals surface area (Å²) in [5, 5.41) is 12.7. The minimum Gasteiger partial charge on any atom is -0.298 e. The Balaban J connectivity index is 3.40. The fourth-order valence-corrected chi connectivity index (χ4v) is 2.63. The molecule has 0 fully saturated rings. The van der Waals surface area contributed by atoms with Gasteiger partial charge in [-0.1, -0.05) is 13.8 Å². The highest BCUT2D eigenvalue weighted by molar-refractivity contribution is 7.89. The van der Waals surface area contributed by atoms with Crippen LogP contribution in [0.1, 0.15) is 58.3 Å². The second-order valence-electron chi connectivity index (χ2n) is 4.36. The molecule has 0 saturated heterocycles. The average Bonchev–Trinajstić information content (AvgIpc) is 2.63. The number of nitrogens with zero attached hydrogens (tertiary/aromatic N) is 3. The molecular weight excluding hydrogens is 240 g/mol. The zero-order valence-corrected chi connectivity index (χ0v) is 11.5. The molecule has 0 unspecified atom stereocenters. The van der Waals surface area contributed by atoms with Crippen LogP contribution < -0.4 is 5.14 Å². The van der Waals surface area contributed by atoms with Crippen molar-refractivity contribution in [3.8, 4) is 0 Å². The van der Waals surface area contributed by atoms with Crippen LogP contribution in [-0.4, -0.2) is 23.2 Å². The predicted octanol–water partition coefficient (Wildman–Crippen LogP) is 1.41. The lowest BCUT2D eigenvalue weighted by Gasteiger charge is -2.17. The van der Waals surface area contributed by atoms with Crippen LogP contribution in [0, 0.1) is 0 Å². The molecule has 0 aliphatic heterocycles. The summed E-state index contributed by atoms with van der Waals surface area (Å²) in [6.07, 6.45) is 1.79. The van der Waals surface area contributed by atoms with Gasteiger partial charge in [0.05, 0.1) is 0 Å². The van der Waals surface area contributed by atoms with E-state index in [-0.39, 0.29) is 17.1 Å². The molecule has 0 aromatic carbocycles. The average molecular weight is 260 g/mol. The van der Waals surface area contributed by atoms with Crippen molar-refractivity contribution >= 4 is 10.0 Å². The van der Waals surface area contributed by atoms with E-state index in [4.69, 9.17) is 5.14 Å². The highest BCUT2D eigenvalue weighted by atomic mass is 32.2. The fourth-order valence-electron chi connectivity index (χ4n) is 1.90. The molecule has 0 spiro atoms. The highest BCUT2D eigenvalue weighted by Crippen LogP contribution is 2.25. The van der Waals surface area contributed by atoms with Crippen LogP contribution in [-0.2, 0) is 10.0 Å². The number of rotatable bonds is 5. The standard InChI is InChI=1S/C10H20N4O2S/c1-5-8(6-2)9-12-13-10(17(11,15)16)14(9)7(3)4/h7-8H,5-6H2,1-4H3,(H2,11,15,16). The Morgan fingerprint density at radius 2 is 1.76 bits per heavy atom. The van der Waals surface area contributed by atoms with Crippen molar-refractivity contribution in [2.45, 2.75) is 57.7 Å². The molecule has 0 radical (unpaired) electrons. The monoisotopic (exact) mass is 260 g/mol. The molecule has 0 atom stereocenters. The molecule has 2 N–H and O–H groups in total. The van der Waals surface area contributed by atoms with Crippen molar-refractivity contribution in [2.75, 3.05) is 0 Å². The number of hydrogen-bond donors (Lipinski definition) is 1. The van der Waals surface area contributed by atoms with Crippen molar-refractivity contribution in [3.63, 3.8) is 0 Å². The summed E-state index contributed by atoms with van der Waals surface area (Å²) >= 11 is 0. The van der Waals surface area contributed by atoms with Gasteiger partial charge in [0.25, 0.3) is 15.2 Å². The van der Waals surface area contributed by atoms with Crippen molar-refractivity contribution in [3.05, 3.63) is 5.82 Å². The fraction of sp³-hybridized carbons (Fsp3) is 0.800. The predicted molar refractivity (Wildman–Crippen MR) is 65.1 cm³/mol. The van der Waals surface area contributed by atoms with Crippen LogP contribution in [0.25, 0.3) is 0 Å². The molecule has 7 heteroatoms. The van der Waals surface area contributed by atoms with Gasteiger partial charge in [-0.2, -0.15) is 0 Å². The third kappa shape index (κ3) is 2.84. The molecule has 0 saturated carbocycles. The Hall–Kier alpha value is -0.950. The SMILES string of the molecule is CCC(CC)c1nnc(S(N)(=O)=O)n1C(C)C. The van der Waals surface area contributed by atoms with Crippen LogP contribution in [0.3, 0.4) is 0 Å². The van der Waals surface area contributed by atoms with E-state index in [0.717, 1.165) is 12.8 Å². The lowest BCUT2D eigenvalue weighted by Crippen LogP contribution is -2.21. The zero-order valence-electron chi connectivity index (χ0n) is 10.7. The lowest BCUT2D eigenvalue weighted by atomic mass is 10.0. The van der Waals surface area contributed by atoms with E-state index in [1.54, 1.807) is 4.57 Å². The van der Waals surface area contributed by atoms with E-state index in [9.17, 15) is 8.42 Å². The molecule has 0 aliphatic rings. The number of nitrogens with two attached hydrogens (primary N) is 1. The Morgan fingerprint density at radius 3 is 2.12 bits per heavy atom. The first-order valence-corrected chi connectivity index (χ1v) is 7.35. The van der Waals surface area contributed by atoms with Crippen LogP contribution in [0.2, 0.25) is 0 Å². The smallest absolute Gasteiger partial charge is 0.273 e. The lowest BCUT2D eigenvalue weighted by molar-refractivity contribution is 0.472. The summed E-state index contributed by atoms with van der Waals surface area (Å²) in [6.45, 7) is 7.88. The summed E-state index contributed by atoms with van der Waals surface area (Å²) in [5.74, 6) is 0.912. The van der Waals surface area contributed by atoms with Gasteiger partial charge in [0, 0.05) is 12.0 Å². The summed E-state index contributed by atoms with van der Waals surface area (Å²) in [7, 11) is -3.82. The van der Waals surface area contributed by atoms with Gasteiger partial charge < -0.3 is 0 Å². The van der Waals surface area contributed by atoms with Gasteiger partial charge in [-0.25, -0.2) is 13.6 Å². The molecule has 1 rings (SSSR count).